The summed E-state index contributed by atoms with van der Waals surface area (Å²) in [6.45, 7) is 0.675. The molecule has 1 amide bonds. The van der Waals surface area contributed by atoms with Crippen LogP contribution in [0.25, 0.3) is 16.9 Å². The predicted molar refractivity (Wildman–Crippen MR) is 112 cm³/mol. The van der Waals surface area contributed by atoms with Crippen LogP contribution in [0.5, 0.6) is 11.5 Å². The van der Waals surface area contributed by atoms with Gasteiger partial charge < -0.3 is 14.8 Å². The van der Waals surface area contributed by atoms with Crippen LogP contribution in [0.3, 0.4) is 0 Å². The van der Waals surface area contributed by atoms with E-state index in [0.717, 1.165) is 34.0 Å². The minimum Gasteiger partial charge on any atom is -0.454 e. The van der Waals surface area contributed by atoms with Gasteiger partial charge in [0.05, 0.1) is 0 Å². The van der Waals surface area contributed by atoms with Crippen LogP contribution in [0.2, 0.25) is 0 Å². The summed E-state index contributed by atoms with van der Waals surface area (Å²) >= 11 is 0. The number of benzene rings is 2. The molecule has 1 aliphatic rings. The molecular formula is C23H20N4O3. The monoisotopic (exact) mass is 400 g/mol. The molecule has 1 aliphatic heterocycles. The molecule has 150 valence electrons. The zero-order chi connectivity index (χ0) is 20.3. The van der Waals surface area contributed by atoms with Crippen molar-refractivity contribution in [2.75, 3.05) is 6.79 Å². The van der Waals surface area contributed by atoms with Crippen molar-refractivity contribution >= 4 is 17.1 Å². The van der Waals surface area contributed by atoms with E-state index in [1.807, 2.05) is 65.2 Å². The van der Waals surface area contributed by atoms with E-state index in [-0.39, 0.29) is 12.7 Å². The minimum atomic E-state index is -0.0349. The predicted octanol–water partition coefficient (Wildman–Crippen LogP) is 3.40. The van der Waals surface area contributed by atoms with Crippen LogP contribution < -0.4 is 14.8 Å². The SMILES string of the molecule is O=C(CCc1nc2cccnc2n1-c1ccccc1)NCc1ccc2c(c1)OCO2. The zero-order valence-corrected chi connectivity index (χ0v) is 16.2. The maximum absolute atomic E-state index is 12.5. The van der Waals surface area contributed by atoms with Crippen LogP contribution in [0.15, 0.2) is 66.9 Å². The number of nitrogens with one attached hydrogen (secondary N) is 1. The summed E-state index contributed by atoms with van der Waals surface area (Å²) in [5.41, 5.74) is 3.55. The highest BCUT2D eigenvalue weighted by Gasteiger charge is 2.16. The molecule has 7 heteroatoms. The van der Waals surface area contributed by atoms with Gasteiger partial charge in [-0.3, -0.25) is 9.36 Å². The van der Waals surface area contributed by atoms with E-state index in [1.165, 1.54) is 0 Å². The van der Waals surface area contributed by atoms with Crippen molar-refractivity contribution in [3.8, 4) is 17.2 Å². The summed E-state index contributed by atoms with van der Waals surface area (Å²) < 4.78 is 12.7. The number of pyridine rings is 1. The molecule has 3 heterocycles. The second kappa shape index (κ2) is 7.87. The maximum atomic E-state index is 12.5. The van der Waals surface area contributed by atoms with Crippen molar-refractivity contribution in [3.63, 3.8) is 0 Å². The fourth-order valence-corrected chi connectivity index (χ4v) is 3.54. The van der Waals surface area contributed by atoms with Gasteiger partial charge in [0.25, 0.3) is 0 Å². The van der Waals surface area contributed by atoms with Gasteiger partial charge in [-0.15, -0.1) is 0 Å². The van der Waals surface area contributed by atoms with Crippen LogP contribution >= 0.6 is 0 Å². The Bertz CT molecular complexity index is 1200. The number of carbonyl (C=O) groups excluding carboxylic acids is 1. The number of para-hydroxylation sites is 1. The number of imidazole rings is 1. The molecule has 0 bridgehead atoms. The molecule has 0 saturated heterocycles. The lowest BCUT2D eigenvalue weighted by molar-refractivity contribution is -0.121. The van der Waals surface area contributed by atoms with Crippen molar-refractivity contribution in [1.29, 1.82) is 0 Å². The molecule has 0 atom stereocenters. The number of aryl methyl sites for hydroxylation is 1. The van der Waals surface area contributed by atoms with E-state index in [2.05, 4.69) is 10.3 Å². The first-order chi connectivity index (χ1) is 14.8. The van der Waals surface area contributed by atoms with Gasteiger partial charge in [-0.2, -0.15) is 0 Å². The molecule has 0 saturated carbocycles. The molecule has 2 aromatic heterocycles. The highest BCUT2D eigenvalue weighted by atomic mass is 16.7. The molecule has 4 aromatic rings. The van der Waals surface area contributed by atoms with Crippen LogP contribution in [-0.4, -0.2) is 27.2 Å². The summed E-state index contributed by atoms with van der Waals surface area (Å²) in [5.74, 6) is 2.23. The fraction of sp³-hybridized carbons (Fsp3) is 0.174. The van der Waals surface area contributed by atoms with Gasteiger partial charge in [0.2, 0.25) is 12.7 Å². The Morgan fingerprint density at radius 3 is 2.80 bits per heavy atom. The van der Waals surface area contributed by atoms with Gasteiger partial charge in [0.15, 0.2) is 17.1 Å². The van der Waals surface area contributed by atoms with Crippen LogP contribution in [-0.2, 0) is 17.8 Å². The molecule has 0 spiro atoms. The molecule has 0 aliphatic carbocycles. The van der Waals surface area contributed by atoms with E-state index in [9.17, 15) is 4.79 Å². The maximum Gasteiger partial charge on any atom is 0.231 e. The third kappa shape index (κ3) is 3.57. The molecule has 0 fully saturated rings. The molecule has 7 nitrogen and oxygen atoms in total. The third-order valence-electron chi connectivity index (χ3n) is 5.00. The first-order valence-corrected chi connectivity index (χ1v) is 9.81. The Hall–Kier alpha value is -3.87. The van der Waals surface area contributed by atoms with Crippen molar-refractivity contribution in [2.24, 2.45) is 0 Å². The Kier molecular flexibility index (Phi) is 4.77. The standard InChI is InChI=1S/C23H20N4O3/c28-22(25-14-16-8-9-19-20(13-16)30-15-29-19)11-10-21-26-18-7-4-12-24-23(18)27(21)17-5-2-1-3-6-17/h1-9,12-13H,10-11,14-15H2,(H,25,28). The van der Waals surface area contributed by atoms with Gasteiger partial charge in [-0.1, -0.05) is 24.3 Å². The molecular weight excluding hydrogens is 380 g/mol. The number of carbonyl (C=O) groups is 1. The van der Waals surface area contributed by atoms with Crippen molar-refractivity contribution in [3.05, 3.63) is 78.2 Å². The molecule has 0 radical (unpaired) electrons. The van der Waals surface area contributed by atoms with E-state index >= 15 is 0 Å². The molecule has 2 aromatic carbocycles. The van der Waals surface area contributed by atoms with Gasteiger partial charge >= 0.3 is 0 Å². The Labute approximate surface area is 173 Å². The summed E-state index contributed by atoms with van der Waals surface area (Å²) in [6, 6.07) is 19.4. The summed E-state index contributed by atoms with van der Waals surface area (Å²) in [4.78, 5) is 21.7. The lowest BCUT2D eigenvalue weighted by Crippen LogP contribution is -2.23. The summed E-state index contributed by atoms with van der Waals surface area (Å²) in [6.07, 6.45) is 2.60. The van der Waals surface area contributed by atoms with Gasteiger partial charge in [-0.25, -0.2) is 9.97 Å². The van der Waals surface area contributed by atoms with E-state index in [1.54, 1.807) is 6.20 Å². The lowest BCUT2D eigenvalue weighted by atomic mass is 10.2. The number of amides is 1. The number of ether oxygens (including phenoxy) is 2. The Morgan fingerprint density at radius 1 is 1.03 bits per heavy atom. The third-order valence-corrected chi connectivity index (χ3v) is 5.00. The molecule has 1 N–H and O–H groups in total. The lowest BCUT2D eigenvalue weighted by Gasteiger charge is -2.09. The van der Waals surface area contributed by atoms with Crippen molar-refractivity contribution < 1.29 is 14.3 Å². The van der Waals surface area contributed by atoms with E-state index in [4.69, 9.17) is 14.5 Å². The first kappa shape index (κ1) is 18.2. The fourth-order valence-electron chi connectivity index (χ4n) is 3.54. The Balaban J connectivity index is 1.28. The summed E-state index contributed by atoms with van der Waals surface area (Å²) in [7, 11) is 0. The smallest absolute Gasteiger partial charge is 0.231 e. The number of fused-ring (bicyclic) bond motifs is 2. The number of nitrogens with zero attached hydrogens (tertiary/aromatic N) is 3. The minimum absolute atomic E-state index is 0.0349. The second-order valence-corrected chi connectivity index (χ2v) is 7.01. The number of aromatic nitrogens is 3. The topological polar surface area (TPSA) is 78.3 Å². The molecule has 0 unspecified atom stereocenters. The molecule has 5 rings (SSSR count). The first-order valence-electron chi connectivity index (χ1n) is 9.81. The molecule has 30 heavy (non-hydrogen) atoms. The van der Waals surface area contributed by atoms with Crippen LogP contribution in [0.1, 0.15) is 17.8 Å². The van der Waals surface area contributed by atoms with Crippen LogP contribution in [0.4, 0.5) is 0 Å². The Morgan fingerprint density at radius 2 is 1.90 bits per heavy atom. The van der Waals surface area contributed by atoms with Crippen molar-refractivity contribution in [2.45, 2.75) is 19.4 Å². The van der Waals surface area contributed by atoms with Crippen molar-refractivity contribution in [1.82, 2.24) is 19.9 Å². The second-order valence-electron chi connectivity index (χ2n) is 7.01. The largest absolute Gasteiger partial charge is 0.454 e. The number of hydrogen-bond donors (Lipinski definition) is 1. The highest BCUT2D eigenvalue weighted by molar-refractivity contribution is 5.77. The van der Waals surface area contributed by atoms with Gasteiger partial charge in [0, 0.05) is 31.3 Å². The van der Waals surface area contributed by atoms with E-state index in [0.29, 0.717) is 25.1 Å². The van der Waals surface area contributed by atoms with Gasteiger partial charge in [-0.05, 0) is 42.0 Å². The quantitative estimate of drug-likeness (QED) is 0.537. The average molecular weight is 400 g/mol. The summed E-state index contributed by atoms with van der Waals surface area (Å²) in [5, 5.41) is 2.97. The highest BCUT2D eigenvalue weighted by Crippen LogP contribution is 2.32. The van der Waals surface area contributed by atoms with Crippen LogP contribution in [0, 0.1) is 0 Å². The van der Waals surface area contributed by atoms with E-state index < -0.39 is 0 Å². The zero-order valence-electron chi connectivity index (χ0n) is 16.2. The number of rotatable bonds is 6. The number of hydrogen-bond acceptors (Lipinski definition) is 5. The van der Waals surface area contributed by atoms with Gasteiger partial charge in [0.1, 0.15) is 11.3 Å². The average Bonchev–Trinajstić information content (AvgIpc) is 3.40. The normalized spacial score (nSPS) is 12.3.